The molecule has 0 atom stereocenters. The zero-order chi connectivity index (χ0) is 18.3. The van der Waals surface area contributed by atoms with E-state index in [1.807, 2.05) is 32.9 Å². The SMILES string of the molecule is Cc1cc(C)c(OC(=O)CCCC(=O)OCCS(=O)(=O)O)c(C)c1. The zero-order valence-corrected chi connectivity index (χ0v) is 14.8. The fraction of sp³-hybridized carbons (Fsp3) is 0.500. The third-order valence-corrected chi connectivity index (χ3v) is 3.87. The average Bonchev–Trinajstić information content (AvgIpc) is 2.41. The number of hydrogen-bond donors (Lipinski definition) is 1. The second-order valence-corrected chi connectivity index (χ2v) is 7.13. The summed E-state index contributed by atoms with van der Waals surface area (Å²) in [5.74, 6) is -1.20. The summed E-state index contributed by atoms with van der Waals surface area (Å²) in [7, 11) is -4.15. The third kappa shape index (κ3) is 7.56. The van der Waals surface area contributed by atoms with Crippen LogP contribution in [0.1, 0.15) is 36.0 Å². The Morgan fingerprint density at radius 2 is 1.58 bits per heavy atom. The monoisotopic (exact) mass is 358 g/mol. The molecule has 0 aromatic heterocycles. The largest absolute Gasteiger partial charge is 0.464 e. The Bertz CT molecular complexity index is 684. The molecule has 0 aliphatic carbocycles. The molecule has 1 N–H and O–H groups in total. The second kappa shape index (κ2) is 8.79. The van der Waals surface area contributed by atoms with Gasteiger partial charge in [-0.25, -0.2) is 0 Å². The van der Waals surface area contributed by atoms with E-state index in [0.717, 1.165) is 16.7 Å². The lowest BCUT2D eigenvalue weighted by atomic mass is 10.1. The van der Waals surface area contributed by atoms with E-state index >= 15 is 0 Å². The lowest BCUT2D eigenvalue weighted by Crippen LogP contribution is -2.15. The number of ether oxygens (including phenoxy) is 2. The van der Waals surface area contributed by atoms with Crippen molar-refractivity contribution in [3.05, 3.63) is 28.8 Å². The van der Waals surface area contributed by atoms with Crippen molar-refractivity contribution in [2.75, 3.05) is 12.4 Å². The highest BCUT2D eigenvalue weighted by atomic mass is 32.2. The van der Waals surface area contributed by atoms with Crippen LogP contribution in [0.4, 0.5) is 0 Å². The molecule has 24 heavy (non-hydrogen) atoms. The number of aryl methyl sites for hydroxylation is 3. The van der Waals surface area contributed by atoms with Crippen LogP contribution in [-0.2, 0) is 24.4 Å². The fourth-order valence-electron chi connectivity index (χ4n) is 2.20. The van der Waals surface area contributed by atoms with Crippen LogP contribution in [0.2, 0.25) is 0 Å². The Kier molecular flexibility index (Phi) is 7.37. The van der Waals surface area contributed by atoms with Crippen LogP contribution in [0.3, 0.4) is 0 Å². The van der Waals surface area contributed by atoms with Gasteiger partial charge in [-0.1, -0.05) is 17.7 Å². The van der Waals surface area contributed by atoms with Crippen LogP contribution < -0.4 is 4.74 Å². The molecular weight excluding hydrogens is 336 g/mol. The topological polar surface area (TPSA) is 107 Å². The quantitative estimate of drug-likeness (QED) is 0.431. The Morgan fingerprint density at radius 1 is 1.04 bits per heavy atom. The van der Waals surface area contributed by atoms with Gasteiger partial charge in [0.1, 0.15) is 18.1 Å². The first kappa shape index (κ1) is 20.1. The summed E-state index contributed by atoms with van der Waals surface area (Å²) >= 11 is 0. The minimum absolute atomic E-state index is 0.0353. The van der Waals surface area contributed by atoms with Crippen molar-refractivity contribution in [1.29, 1.82) is 0 Å². The standard InChI is InChI=1S/C16H22O7S/c1-11-9-12(2)16(13(3)10-11)23-15(18)6-4-5-14(17)22-7-8-24(19,20)21/h9-10H,4-8H2,1-3H3,(H,19,20,21). The lowest BCUT2D eigenvalue weighted by molar-refractivity contribution is -0.143. The third-order valence-electron chi connectivity index (χ3n) is 3.19. The van der Waals surface area contributed by atoms with Gasteiger partial charge < -0.3 is 9.47 Å². The minimum Gasteiger partial charge on any atom is -0.464 e. The van der Waals surface area contributed by atoms with E-state index in [9.17, 15) is 18.0 Å². The molecule has 0 aliphatic rings. The van der Waals surface area contributed by atoms with Crippen molar-refractivity contribution in [3.63, 3.8) is 0 Å². The van der Waals surface area contributed by atoms with Crippen LogP contribution in [0.5, 0.6) is 5.75 Å². The van der Waals surface area contributed by atoms with Crippen molar-refractivity contribution in [2.24, 2.45) is 0 Å². The molecule has 0 spiro atoms. The van der Waals surface area contributed by atoms with Gasteiger partial charge in [-0.3, -0.25) is 14.1 Å². The van der Waals surface area contributed by atoms with Gasteiger partial charge >= 0.3 is 11.9 Å². The molecular formula is C16H22O7S. The van der Waals surface area contributed by atoms with Gasteiger partial charge in [-0.15, -0.1) is 0 Å². The van der Waals surface area contributed by atoms with E-state index in [1.165, 1.54) is 0 Å². The average molecular weight is 358 g/mol. The number of benzene rings is 1. The molecule has 0 saturated carbocycles. The first-order chi connectivity index (χ1) is 11.1. The molecule has 0 radical (unpaired) electrons. The minimum atomic E-state index is -4.15. The van der Waals surface area contributed by atoms with Crippen molar-refractivity contribution in [1.82, 2.24) is 0 Å². The summed E-state index contributed by atoms with van der Waals surface area (Å²) in [6.45, 7) is 5.26. The summed E-state index contributed by atoms with van der Waals surface area (Å²) in [5.41, 5.74) is 2.81. The summed E-state index contributed by atoms with van der Waals surface area (Å²) in [6.07, 6.45) is 0.236. The second-order valence-electron chi connectivity index (χ2n) is 5.56. The van der Waals surface area contributed by atoms with Crippen LogP contribution in [-0.4, -0.2) is 37.3 Å². The molecule has 1 aromatic rings. The van der Waals surface area contributed by atoms with Crippen molar-refractivity contribution < 1.29 is 32.0 Å². The molecule has 0 heterocycles. The van der Waals surface area contributed by atoms with E-state index in [-0.39, 0.29) is 19.3 Å². The molecule has 8 heteroatoms. The molecule has 7 nitrogen and oxygen atoms in total. The van der Waals surface area contributed by atoms with E-state index < -0.39 is 34.4 Å². The van der Waals surface area contributed by atoms with E-state index in [0.29, 0.717) is 5.75 Å². The van der Waals surface area contributed by atoms with Gasteiger partial charge in [0.25, 0.3) is 10.1 Å². The Balaban J connectivity index is 2.36. The smallest absolute Gasteiger partial charge is 0.311 e. The summed E-state index contributed by atoms with van der Waals surface area (Å²) in [5, 5.41) is 0. The summed E-state index contributed by atoms with van der Waals surface area (Å²) < 4.78 is 39.4. The van der Waals surface area contributed by atoms with Crippen LogP contribution in [0.25, 0.3) is 0 Å². The highest BCUT2D eigenvalue weighted by molar-refractivity contribution is 7.85. The number of carbonyl (C=O) groups is 2. The maximum absolute atomic E-state index is 11.8. The molecule has 0 aliphatic heterocycles. The maximum Gasteiger partial charge on any atom is 0.311 e. The first-order valence-electron chi connectivity index (χ1n) is 7.48. The number of esters is 2. The molecule has 1 rings (SSSR count). The van der Waals surface area contributed by atoms with Crippen LogP contribution in [0.15, 0.2) is 12.1 Å². The number of rotatable bonds is 8. The molecule has 0 fully saturated rings. The molecule has 0 unspecified atom stereocenters. The van der Waals surface area contributed by atoms with Gasteiger partial charge in [0, 0.05) is 12.8 Å². The van der Waals surface area contributed by atoms with Gasteiger partial charge in [0.2, 0.25) is 0 Å². The Hall–Kier alpha value is -1.93. The van der Waals surface area contributed by atoms with Crippen molar-refractivity contribution >= 4 is 22.1 Å². The van der Waals surface area contributed by atoms with Gasteiger partial charge in [0.05, 0.1) is 0 Å². The maximum atomic E-state index is 11.8. The van der Waals surface area contributed by atoms with Crippen LogP contribution in [0, 0.1) is 20.8 Å². The van der Waals surface area contributed by atoms with E-state index in [2.05, 4.69) is 4.74 Å². The van der Waals surface area contributed by atoms with Crippen LogP contribution >= 0.6 is 0 Å². The normalized spacial score (nSPS) is 11.2. The first-order valence-corrected chi connectivity index (χ1v) is 9.08. The fourth-order valence-corrected chi connectivity index (χ4v) is 2.50. The summed E-state index contributed by atoms with van der Waals surface area (Å²) in [6, 6.07) is 3.84. The molecule has 0 amide bonds. The zero-order valence-electron chi connectivity index (χ0n) is 14.0. The predicted molar refractivity (Wildman–Crippen MR) is 87.5 cm³/mol. The van der Waals surface area contributed by atoms with E-state index in [4.69, 9.17) is 9.29 Å². The number of carbonyl (C=O) groups excluding carboxylic acids is 2. The highest BCUT2D eigenvalue weighted by Crippen LogP contribution is 2.25. The van der Waals surface area contributed by atoms with E-state index in [1.54, 1.807) is 0 Å². The predicted octanol–water partition coefficient (Wildman–Crippen LogP) is 2.12. The highest BCUT2D eigenvalue weighted by Gasteiger charge is 2.13. The van der Waals surface area contributed by atoms with Crippen molar-refractivity contribution in [3.8, 4) is 5.75 Å². The van der Waals surface area contributed by atoms with Gasteiger partial charge in [-0.2, -0.15) is 8.42 Å². The number of hydrogen-bond acceptors (Lipinski definition) is 6. The van der Waals surface area contributed by atoms with Gasteiger partial charge in [0.15, 0.2) is 0 Å². The lowest BCUT2D eigenvalue weighted by Gasteiger charge is -2.11. The molecule has 0 bridgehead atoms. The van der Waals surface area contributed by atoms with Crippen molar-refractivity contribution in [2.45, 2.75) is 40.0 Å². The summed E-state index contributed by atoms with van der Waals surface area (Å²) in [4.78, 5) is 23.2. The molecule has 134 valence electrons. The molecule has 1 aromatic carbocycles. The van der Waals surface area contributed by atoms with Gasteiger partial charge in [-0.05, 0) is 38.3 Å². The molecule has 0 saturated heterocycles. The Labute approximate surface area is 141 Å². The Morgan fingerprint density at radius 3 is 2.12 bits per heavy atom.